The zero-order valence-corrected chi connectivity index (χ0v) is 21.9. The first kappa shape index (κ1) is 26.2. The molecule has 0 radical (unpaired) electrons. The summed E-state index contributed by atoms with van der Waals surface area (Å²) in [5.74, 6) is -0.857. The van der Waals surface area contributed by atoms with Gasteiger partial charge in [-0.2, -0.15) is 0 Å². The van der Waals surface area contributed by atoms with Crippen LogP contribution < -0.4 is 16.0 Å². The van der Waals surface area contributed by atoms with Gasteiger partial charge in [0.25, 0.3) is 5.91 Å². The van der Waals surface area contributed by atoms with Crippen molar-refractivity contribution in [2.45, 2.75) is 38.8 Å². The van der Waals surface area contributed by atoms with Crippen molar-refractivity contribution < 1.29 is 14.4 Å². The summed E-state index contributed by atoms with van der Waals surface area (Å²) in [4.78, 5) is 51.0. The number of nitrogen functional groups attached to an aromatic ring is 1. The number of imide groups is 1. The average molecular weight is 524 g/mol. The van der Waals surface area contributed by atoms with Gasteiger partial charge in [0, 0.05) is 37.7 Å². The number of nitrogens with zero attached hydrogens (tertiary/aromatic N) is 5. The minimum absolute atomic E-state index is 0.244. The minimum atomic E-state index is -1.01. The molecular formula is C26H30ClN7O3. The number of carbonyl (C=O) groups excluding carboxylic acids is 3. The minimum Gasteiger partial charge on any atom is -0.384 e. The van der Waals surface area contributed by atoms with Crippen LogP contribution >= 0.6 is 11.6 Å². The third kappa shape index (κ3) is 5.15. The van der Waals surface area contributed by atoms with E-state index in [1.165, 1.54) is 4.90 Å². The molecule has 1 aliphatic rings. The van der Waals surface area contributed by atoms with E-state index in [0.29, 0.717) is 23.2 Å². The maximum Gasteiger partial charge on any atom is 0.325 e. The number of halogens is 1. The van der Waals surface area contributed by atoms with Crippen molar-refractivity contribution in [3.8, 4) is 0 Å². The standard InChI is InChI=1S/C26H30ClN7O3/c1-5-20(18-7-6-17(27)12-15(18)2)31-26(37)34-22(24(36)33(4)25-30-10-11-32(25)3)19(23(34)35)13-16-8-9-29-21(28)14-16/h6-12,14,19-20,22H,5,13H2,1-4H3,(H2,28,29)(H,31,37)/t19?,20-,22+/m1/s1. The van der Waals surface area contributed by atoms with E-state index in [1.54, 1.807) is 55.5 Å². The summed E-state index contributed by atoms with van der Waals surface area (Å²) >= 11 is 6.10. The number of anilines is 2. The van der Waals surface area contributed by atoms with Crippen molar-refractivity contribution in [2.75, 3.05) is 17.7 Å². The number of likely N-dealkylation sites (N-methyl/N-ethyl adjacent to an activating group) is 1. The fraction of sp³-hybridized carbons (Fsp3) is 0.346. The maximum absolute atomic E-state index is 13.7. The molecule has 1 aliphatic heterocycles. The molecule has 4 rings (SSSR count). The quantitative estimate of drug-likeness (QED) is 0.458. The van der Waals surface area contributed by atoms with E-state index in [0.717, 1.165) is 21.6 Å². The lowest BCUT2D eigenvalue weighted by molar-refractivity contribution is -0.156. The second kappa shape index (κ2) is 10.6. The van der Waals surface area contributed by atoms with Gasteiger partial charge in [0.2, 0.25) is 11.9 Å². The number of benzene rings is 1. The Balaban J connectivity index is 1.61. The van der Waals surface area contributed by atoms with Crippen LogP contribution in [0.1, 0.15) is 36.1 Å². The first-order valence-electron chi connectivity index (χ1n) is 12.0. The van der Waals surface area contributed by atoms with Gasteiger partial charge in [0.1, 0.15) is 11.9 Å². The smallest absolute Gasteiger partial charge is 0.325 e. The summed E-state index contributed by atoms with van der Waals surface area (Å²) < 4.78 is 1.69. The number of carbonyl (C=O) groups is 3. The molecule has 37 heavy (non-hydrogen) atoms. The highest BCUT2D eigenvalue weighted by atomic mass is 35.5. The van der Waals surface area contributed by atoms with Gasteiger partial charge in [-0.05, 0) is 60.7 Å². The molecule has 1 fully saturated rings. The second-order valence-electron chi connectivity index (χ2n) is 9.20. The summed E-state index contributed by atoms with van der Waals surface area (Å²) in [7, 11) is 3.34. The largest absolute Gasteiger partial charge is 0.384 e. The number of hydrogen-bond donors (Lipinski definition) is 2. The highest BCUT2D eigenvalue weighted by Crippen LogP contribution is 2.33. The first-order chi connectivity index (χ1) is 17.6. The first-order valence-corrected chi connectivity index (χ1v) is 12.3. The van der Waals surface area contributed by atoms with Gasteiger partial charge in [-0.1, -0.05) is 24.6 Å². The highest BCUT2D eigenvalue weighted by Gasteiger charge is 2.55. The van der Waals surface area contributed by atoms with Gasteiger partial charge in [-0.15, -0.1) is 0 Å². The Bertz CT molecular complexity index is 1340. The van der Waals surface area contributed by atoms with E-state index in [4.69, 9.17) is 17.3 Å². The number of nitrogens with one attached hydrogen (secondary N) is 1. The highest BCUT2D eigenvalue weighted by molar-refractivity contribution is 6.30. The van der Waals surface area contributed by atoms with Crippen molar-refractivity contribution in [3.05, 3.63) is 70.6 Å². The number of urea groups is 1. The molecule has 10 nitrogen and oxygen atoms in total. The molecule has 0 aliphatic carbocycles. The molecule has 3 heterocycles. The normalized spacial score (nSPS) is 17.8. The lowest BCUT2D eigenvalue weighted by atomic mass is 9.81. The zero-order chi connectivity index (χ0) is 26.9. The van der Waals surface area contributed by atoms with Crippen molar-refractivity contribution in [3.63, 3.8) is 0 Å². The molecule has 0 bridgehead atoms. The molecule has 3 N–H and O–H groups in total. The molecule has 1 aromatic carbocycles. The van der Waals surface area contributed by atoms with E-state index in [-0.39, 0.29) is 12.5 Å². The van der Waals surface area contributed by atoms with Gasteiger partial charge in [0.05, 0.1) is 12.0 Å². The van der Waals surface area contributed by atoms with Crippen molar-refractivity contribution in [1.29, 1.82) is 0 Å². The molecule has 3 atom stereocenters. The van der Waals surface area contributed by atoms with Crippen molar-refractivity contribution >= 4 is 41.2 Å². The zero-order valence-electron chi connectivity index (χ0n) is 21.2. The predicted octanol–water partition coefficient (Wildman–Crippen LogP) is 3.25. The SMILES string of the molecule is CC[C@@H](NC(=O)N1C(=O)C(Cc2ccnc(N)c2)[C@H]1C(=O)N(C)c1nccn1C)c1ccc(Cl)cc1C. The number of rotatable bonds is 7. The van der Waals surface area contributed by atoms with Crippen LogP contribution in [0.15, 0.2) is 48.9 Å². The lowest BCUT2D eigenvalue weighted by Crippen LogP contribution is -2.70. The maximum atomic E-state index is 13.7. The Morgan fingerprint density at radius 1 is 1.22 bits per heavy atom. The second-order valence-corrected chi connectivity index (χ2v) is 9.64. The van der Waals surface area contributed by atoms with E-state index in [2.05, 4.69) is 15.3 Å². The summed E-state index contributed by atoms with van der Waals surface area (Å²) in [5, 5.41) is 3.54. The van der Waals surface area contributed by atoms with Gasteiger partial charge < -0.3 is 15.6 Å². The molecule has 0 spiro atoms. The van der Waals surface area contributed by atoms with Gasteiger partial charge >= 0.3 is 6.03 Å². The van der Waals surface area contributed by atoms with Crippen LogP contribution in [-0.4, -0.2) is 50.4 Å². The Labute approximate surface area is 220 Å². The summed E-state index contributed by atoms with van der Waals surface area (Å²) in [6.45, 7) is 3.85. The molecule has 0 saturated carbocycles. The molecule has 11 heteroatoms. The van der Waals surface area contributed by atoms with E-state index >= 15 is 0 Å². The number of aryl methyl sites for hydroxylation is 2. The Morgan fingerprint density at radius 3 is 2.59 bits per heavy atom. The molecule has 3 aromatic rings. The molecule has 4 amide bonds. The number of nitrogens with two attached hydrogens (primary N) is 1. The third-order valence-electron chi connectivity index (χ3n) is 6.73. The molecule has 1 unspecified atom stereocenters. The fourth-order valence-electron chi connectivity index (χ4n) is 4.76. The summed E-state index contributed by atoms with van der Waals surface area (Å²) in [6.07, 6.45) is 5.67. The van der Waals surface area contributed by atoms with Crippen LogP contribution in [0.3, 0.4) is 0 Å². The molecule has 2 aromatic heterocycles. The van der Waals surface area contributed by atoms with Crippen molar-refractivity contribution in [2.24, 2.45) is 13.0 Å². The summed E-state index contributed by atoms with van der Waals surface area (Å²) in [6, 6.07) is 6.86. The number of imidazole rings is 1. The monoisotopic (exact) mass is 523 g/mol. The Hall–Kier alpha value is -3.92. The number of β-lactam (4-membered cyclic amide) rings is 1. The van der Waals surface area contributed by atoms with Gasteiger partial charge in [0.15, 0.2) is 0 Å². The Morgan fingerprint density at radius 2 is 1.97 bits per heavy atom. The third-order valence-corrected chi connectivity index (χ3v) is 6.96. The molecular weight excluding hydrogens is 494 g/mol. The van der Waals surface area contributed by atoms with E-state index in [1.807, 2.05) is 26.0 Å². The molecule has 194 valence electrons. The van der Waals surface area contributed by atoms with Crippen LogP contribution in [0.5, 0.6) is 0 Å². The van der Waals surface area contributed by atoms with Crippen LogP contribution in [0.25, 0.3) is 0 Å². The number of likely N-dealkylation sites (tertiary alicyclic amines) is 1. The van der Waals surface area contributed by atoms with Crippen LogP contribution in [0.4, 0.5) is 16.6 Å². The number of amides is 4. The van der Waals surface area contributed by atoms with Crippen LogP contribution in [0.2, 0.25) is 5.02 Å². The number of aromatic nitrogens is 3. The van der Waals surface area contributed by atoms with Gasteiger partial charge in [-0.3, -0.25) is 19.4 Å². The number of pyridine rings is 1. The predicted molar refractivity (Wildman–Crippen MR) is 141 cm³/mol. The van der Waals surface area contributed by atoms with Crippen LogP contribution in [-0.2, 0) is 23.1 Å². The Kier molecular flexibility index (Phi) is 7.49. The number of hydrogen-bond acceptors (Lipinski definition) is 6. The van der Waals surface area contributed by atoms with E-state index < -0.39 is 29.8 Å². The van der Waals surface area contributed by atoms with Gasteiger partial charge in [-0.25, -0.2) is 14.8 Å². The van der Waals surface area contributed by atoms with E-state index in [9.17, 15) is 14.4 Å². The molecule has 1 saturated heterocycles. The lowest BCUT2D eigenvalue weighted by Gasteiger charge is -2.45. The topological polar surface area (TPSA) is 126 Å². The van der Waals surface area contributed by atoms with Crippen molar-refractivity contribution in [1.82, 2.24) is 24.8 Å². The summed E-state index contributed by atoms with van der Waals surface area (Å²) in [5.41, 5.74) is 8.38. The fourth-order valence-corrected chi connectivity index (χ4v) is 4.98. The van der Waals surface area contributed by atoms with Crippen LogP contribution in [0, 0.1) is 12.8 Å². The average Bonchev–Trinajstić information content (AvgIpc) is 3.29.